The van der Waals surface area contributed by atoms with Gasteiger partial charge in [-0.25, -0.2) is 4.39 Å². The van der Waals surface area contributed by atoms with Gasteiger partial charge < -0.3 is 15.1 Å². The maximum absolute atomic E-state index is 14.0. The van der Waals surface area contributed by atoms with E-state index in [2.05, 4.69) is 32.8 Å². The van der Waals surface area contributed by atoms with E-state index in [1.54, 1.807) is 41.3 Å². The van der Waals surface area contributed by atoms with Gasteiger partial charge in [-0.1, -0.05) is 35.3 Å². The summed E-state index contributed by atoms with van der Waals surface area (Å²) in [6, 6.07) is 16.5. The number of benzene rings is 3. The topological polar surface area (TPSA) is 52.7 Å². The zero-order valence-corrected chi connectivity index (χ0v) is 21.0. The van der Waals surface area contributed by atoms with Crippen molar-refractivity contribution in [2.24, 2.45) is 0 Å². The molecule has 3 aromatic rings. The highest BCUT2D eigenvalue weighted by molar-refractivity contribution is 14.1. The van der Waals surface area contributed by atoms with Crippen LogP contribution in [0.2, 0.25) is 10.0 Å². The van der Waals surface area contributed by atoms with E-state index in [-0.39, 0.29) is 17.4 Å². The summed E-state index contributed by atoms with van der Waals surface area (Å²) >= 11 is 14.5. The molecule has 0 bridgehead atoms. The lowest BCUT2D eigenvalue weighted by atomic mass is 10.1. The molecule has 0 unspecified atom stereocenters. The van der Waals surface area contributed by atoms with Crippen LogP contribution >= 0.6 is 45.8 Å². The number of nitrogens with zero attached hydrogens (tertiary/aromatic N) is 2. The zero-order chi connectivity index (χ0) is 23.5. The van der Waals surface area contributed by atoms with Crippen LogP contribution in [0.1, 0.15) is 20.7 Å². The maximum atomic E-state index is 14.0. The molecule has 1 aliphatic heterocycles. The lowest BCUT2D eigenvalue weighted by Crippen LogP contribution is -2.49. The van der Waals surface area contributed by atoms with E-state index in [0.29, 0.717) is 47.5 Å². The van der Waals surface area contributed by atoms with Crippen LogP contribution in [0.25, 0.3) is 0 Å². The monoisotopic (exact) mass is 597 g/mol. The van der Waals surface area contributed by atoms with Gasteiger partial charge in [-0.15, -0.1) is 0 Å². The van der Waals surface area contributed by atoms with Gasteiger partial charge in [0.05, 0.1) is 27.5 Å². The largest absolute Gasteiger partial charge is 0.366 e. The van der Waals surface area contributed by atoms with Crippen LogP contribution in [0.5, 0.6) is 0 Å². The second-order valence-electron chi connectivity index (χ2n) is 7.50. The predicted molar refractivity (Wildman–Crippen MR) is 138 cm³/mol. The second-order valence-corrected chi connectivity index (χ2v) is 9.59. The third kappa shape index (κ3) is 5.42. The number of nitrogens with one attached hydrogen (secondary N) is 1. The minimum Gasteiger partial charge on any atom is -0.366 e. The first-order chi connectivity index (χ1) is 15.8. The van der Waals surface area contributed by atoms with Gasteiger partial charge in [0.2, 0.25) is 0 Å². The third-order valence-electron chi connectivity index (χ3n) is 5.39. The predicted octanol–water partition coefficient (Wildman–Crippen LogP) is 5.95. The lowest BCUT2D eigenvalue weighted by Gasteiger charge is -2.37. The molecule has 1 N–H and O–H groups in total. The Morgan fingerprint density at radius 3 is 2.36 bits per heavy atom. The van der Waals surface area contributed by atoms with Crippen LogP contribution in [-0.2, 0) is 0 Å². The second kappa shape index (κ2) is 10.3. The number of carbonyl (C=O) groups is 2. The quantitative estimate of drug-likeness (QED) is 0.378. The Hall–Kier alpha value is -2.36. The van der Waals surface area contributed by atoms with Crippen LogP contribution in [-0.4, -0.2) is 42.9 Å². The fraction of sp³-hybridized carbons (Fsp3) is 0.167. The van der Waals surface area contributed by atoms with Crippen LogP contribution < -0.4 is 10.2 Å². The summed E-state index contributed by atoms with van der Waals surface area (Å²) in [5, 5.41) is 3.76. The summed E-state index contributed by atoms with van der Waals surface area (Å²) in [6.45, 7) is 1.89. The minimum absolute atomic E-state index is 0.0692. The summed E-state index contributed by atoms with van der Waals surface area (Å²) in [7, 11) is 0. The molecule has 1 aliphatic rings. The van der Waals surface area contributed by atoms with E-state index >= 15 is 0 Å². The molecule has 4 rings (SSSR count). The van der Waals surface area contributed by atoms with Gasteiger partial charge in [-0.2, -0.15) is 0 Å². The number of carbonyl (C=O) groups excluding carboxylic acids is 2. The number of hydrogen-bond donors (Lipinski definition) is 1. The van der Waals surface area contributed by atoms with Crippen molar-refractivity contribution in [2.75, 3.05) is 36.4 Å². The Morgan fingerprint density at radius 1 is 0.909 bits per heavy atom. The van der Waals surface area contributed by atoms with Crippen LogP contribution in [0.15, 0.2) is 60.7 Å². The molecule has 1 heterocycles. The summed E-state index contributed by atoms with van der Waals surface area (Å²) in [5.74, 6) is -1.19. The van der Waals surface area contributed by atoms with Crippen LogP contribution in [0.3, 0.4) is 0 Å². The normalized spacial score (nSPS) is 13.7. The summed E-state index contributed by atoms with van der Waals surface area (Å²) in [6.07, 6.45) is 0. The van der Waals surface area contributed by atoms with E-state index < -0.39 is 5.82 Å². The minimum atomic E-state index is -0.526. The third-order valence-corrected chi connectivity index (χ3v) is 6.63. The van der Waals surface area contributed by atoms with Gasteiger partial charge in [0.1, 0.15) is 5.82 Å². The van der Waals surface area contributed by atoms with Gasteiger partial charge in [-0.3, -0.25) is 9.59 Å². The van der Waals surface area contributed by atoms with Crippen LogP contribution in [0, 0.1) is 9.39 Å². The molecule has 3 aromatic carbocycles. The molecule has 33 heavy (non-hydrogen) atoms. The average Bonchev–Trinajstić information content (AvgIpc) is 2.81. The van der Waals surface area contributed by atoms with Crippen LogP contribution in [0.4, 0.5) is 15.8 Å². The number of piperazine rings is 1. The Balaban J connectivity index is 1.50. The first-order valence-corrected chi connectivity index (χ1v) is 12.0. The molecule has 0 saturated carbocycles. The molecule has 0 aromatic heterocycles. The lowest BCUT2D eigenvalue weighted by molar-refractivity contribution is 0.0742. The van der Waals surface area contributed by atoms with Crippen molar-refractivity contribution >= 4 is 69.0 Å². The number of halogens is 4. The van der Waals surface area contributed by atoms with E-state index in [1.165, 1.54) is 12.1 Å². The van der Waals surface area contributed by atoms with Gasteiger partial charge in [0.25, 0.3) is 11.8 Å². The van der Waals surface area contributed by atoms with Gasteiger partial charge >= 0.3 is 0 Å². The number of rotatable bonds is 4. The van der Waals surface area contributed by atoms with E-state index in [0.717, 1.165) is 9.26 Å². The Labute approximate surface area is 214 Å². The maximum Gasteiger partial charge on any atom is 0.257 e. The highest BCUT2D eigenvalue weighted by Gasteiger charge is 2.25. The van der Waals surface area contributed by atoms with Crippen molar-refractivity contribution in [1.82, 2.24) is 4.90 Å². The van der Waals surface area contributed by atoms with E-state index in [9.17, 15) is 14.0 Å². The fourth-order valence-electron chi connectivity index (χ4n) is 3.70. The molecule has 170 valence electrons. The van der Waals surface area contributed by atoms with E-state index in [4.69, 9.17) is 23.2 Å². The molecule has 0 aliphatic carbocycles. The van der Waals surface area contributed by atoms with Gasteiger partial charge in [0, 0.05) is 34.8 Å². The van der Waals surface area contributed by atoms with E-state index in [1.807, 2.05) is 12.1 Å². The highest BCUT2D eigenvalue weighted by atomic mass is 127. The molecular weight excluding hydrogens is 579 g/mol. The van der Waals surface area contributed by atoms with Crippen molar-refractivity contribution in [3.05, 3.63) is 91.2 Å². The van der Waals surface area contributed by atoms with Crippen molar-refractivity contribution in [2.45, 2.75) is 0 Å². The molecule has 1 fully saturated rings. The number of anilines is 2. The van der Waals surface area contributed by atoms with Crippen molar-refractivity contribution in [3.8, 4) is 0 Å². The SMILES string of the molecule is O=C(Nc1cc(Cl)ccc1N1CCN(C(=O)c2ccccc2F)CC1)c1cc(I)ccc1Cl. The molecule has 0 spiro atoms. The Morgan fingerprint density at radius 2 is 1.64 bits per heavy atom. The standard InChI is InChI=1S/C24H19Cl2FIN3O2/c25-15-5-8-22(21(13-15)29-23(32)18-14-16(28)6-7-19(18)26)30-9-11-31(12-10-30)24(33)17-3-1-2-4-20(17)27/h1-8,13-14H,9-12H2,(H,29,32). The smallest absolute Gasteiger partial charge is 0.257 e. The van der Waals surface area contributed by atoms with Gasteiger partial charge in [0.15, 0.2) is 0 Å². The van der Waals surface area contributed by atoms with Crippen molar-refractivity contribution < 1.29 is 14.0 Å². The number of amides is 2. The highest BCUT2D eigenvalue weighted by Crippen LogP contribution is 2.31. The first-order valence-electron chi connectivity index (χ1n) is 10.2. The average molecular weight is 598 g/mol. The summed E-state index contributed by atoms with van der Waals surface area (Å²) in [4.78, 5) is 29.3. The molecule has 0 radical (unpaired) electrons. The first kappa shape index (κ1) is 23.8. The van der Waals surface area contributed by atoms with Gasteiger partial charge in [-0.05, 0) is 71.1 Å². The Kier molecular flexibility index (Phi) is 7.41. The van der Waals surface area contributed by atoms with Crippen molar-refractivity contribution in [1.29, 1.82) is 0 Å². The molecule has 5 nitrogen and oxygen atoms in total. The molecule has 1 saturated heterocycles. The van der Waals surface area contributed by atoms with Crippen molar-refractivity contribution in [3.63, 3.8) is 0 Å². The Bertz CT molecular complexity index is 1220. The molecule has 0 atom stereocenters. The molecular formula is C24H19Cl2FIN3O2. The summed E-state index contributed by atoms with van der Waals surface area (Å²) < 4.78 is 14.9. The zero-order valence-electron chi connectivity index (χ0n) is 17.3. The molecule has 2 amide bonds. The summed E-state index contributed by atoms with van der Waals surface area (Å²) in [5.41, 5.74) is 1.78. The number of hydrogen-bond acceptors (Lipinski definition) is 3. The molecule has 9 heteroatoms. The fourth-order valence-corrected chi connectivity index (χ4v) is 4.57.